The number of rotatable bonds is 5. The van der Waals surface area contributed by atoms with Gasteiger partial charge in [0.1, 0.15) is 5.75 Å². The van der Waals surface area contributed by atoms with E-state index >= 15 is 0 Å². The van der Waals surface area contributed by atoms with E-state index in [1.165, 1.54) is 12.8 Å². The molecule has 2 unspecified atom stereocenters. The summed E-state index contributed by atoms with van der Waals surface area (Å²) in [6.45, 7) is 5.88. The van der Waals surface area contributed by atoms with E-state index in [-0.39, 0.29) is 11.7 Å². The van der Waals surface area contributed by atoms with Crippen molar-refractivity contribution in [2.75, 3.05) is 13.1 Å². The summed E-state index contributed by atoms with van der Waals surface area (Å²) in [6, 6.07) is 3.70. The zero-order valence-corrected chi connectivity index (χ0v) is 16.1. The fourth-order valence-electron chi connectivity index (χ4n) is 2.82. The molecule has 130 valence electrons. The first kappa shape index (κ1) is 19.2. The third-order valence-corrected chi connectivity index (χ3v) is 6.07. The summed E-state index contributed by atoms with van der Waals surface area (Å²) in [5, 5.41) is 15.5. The highest BCUT2D eigenvalue weighted by Crippen LogP contribution is 2.41. The van der Waals surface area contributed by atoms with Gasteiger partial charge in [0.25, 0.3) is 0 Å². The summed E-state index contributed by atoms with van der Waals surface area (Å²) >= 11 is 14.2. The van der Waals surface area contributed by atoms with Gasteiger partial charge in [-0.3, -0.25) is 4.72 Å². The highest BCUT2D eigenvalue weighted by atomic mass is 35.5. The Bertz CT molecular complexity index is 512. The predicted molar refractivity (Wildman–Crippen MR) is 102 cm³/mol. The van der Waals surface area contributed by atoms with Gasteiger partial charge in [-0.2, -0.15) is 0 Å². The van der Waals surface area contributed by atoms with Crippen LogP contribution in [0.1, 0.15) is 51.0 Å². The molecule has 0 radical (unpaired) electrons. The Kier molecular flexibility index (Phi) is 7.83. The Morgan fingerprint density at radius 3 is 2.70 bits per heavy atom. The molecule has 1 heterocycles. The minimum absolute atomic E-state index is 0.259. The van der Waals surface area contributed by atoms with Gasteiger partial charge >= 0.3 is 0 Å². The lowest BCUT2D eigenvalue weighted by molar-refractivity contribution is 0.354. The van der Waals surface area contributed by atoms with Crippen molar-refractivity contribution in [2.24, 2.45) is 0 Å². The SMILES string of the molecule is CC.Oc1ccc(Cl)c(Cl)c1C1CCNC(CNSC2CC2)C1. The van der Waals surface area contributed by atoms with Crippen LogP contribution in [0.15, 0.2) is 12.1 Å². The van der Waals surface area contributed by atoms with Crippen molar-refractivity contribution in [1.82, 2.24) is 10.0 Å². The first-order valence-corrected chi connectivity index (χ1v) is 10.1. The molecule has 1 aliphatic heterocycles. The Hall–Kier alpha value is -0.130. The van der Waals surface area contributed by atoms with Crippen LogP contribution in [-0.4, -0.2) is 29.5 Å². The Morgan fingerprint density at radius 1 is 1.26 bits per heavy atom. The van der Waals surface area contributed by atoms with Crippen LogP contribution in [0.25, 0.3) is 0 Å². The predicted octanol–water partition coefficient (Wildman–Crippen LogP) is 4.96. The van der Waals surface area contributed by atoms with Crippen molar-refractivity contribution < 1.29 is 5.11 Å². The number of phenols is 1. The second-order valence-corrected chi connectivity index (χ2v) is 7.81. The minimum Gasteiger partial charge on any atom is -0.508 e. The molecule has 1 aliphatic carbocycles. The summed E-state index contributed by atoms with van der Waals surface area (Å²) in [5.41, 5.74) is 0.811. The zero-order valence-electron chi connectivity index (χ0n) is 13.7. The molecule has 2 atom stereocenters. The maximum Gasteiger partial charge on any atom is 0.120 e. The number of nitrogens with one attached hydrogen (secondary N) is 2. The molecular formula is C17H26Cl2N2OS. The average molecular weight is 377 g/mol. The number of aromatic hydroxyl groups is 1. The van der Waals surface area contributed by atoms with Crippen LogP contribution in [0.3, 0.4) is 0 Å². The molecule has 1 aromatic rings. The number of phenolic OH excluding ortho intramolecular Hbond substituents is 1. The van der Waals surface area contributed by atoms with Gasteiger partial charge in [-0.05, 0) is 50.3 Å². The second-order valence-electron chi connectivity index (χ2n) is 5.83. The Labute approximate surface area is 153 Å². The van der Waals surface area contributed by atoms with E-state index in [1.54, 1.807) is 12.1 Å². The van der Waals surface area contributed by atoms with Crippen LogP contribution in [0.4, 0.5) is 0 Å². The lowest BCUT2D eigenvalue weighted by Crippen LogP contribution is -2.42. The van der Waals surface area contributed by atoms with E-state index in [9.17, 15) is 5.11 Å². The van der Waals surface area contributed by atoms with E-state index < -0.39 is 0 Å². The van der Waals surface area contributed by atoms with Crippen molar-refractivity contribution in [3.05, 3.63) is 27.7 Å². The molecule has 2 aliphatic rings. The van der Waals surface area contributed by atoms with Crippen LogP contribution in [0.5, 0.6) is 5.75 Å². The van der Waals surface area contributed by atoms with Crippen molar-refractivity contribution in [2.45, 2.75) is 56.7 Å². The third-order valence-electron chi connectivity index (χ3n) is 4.12. The summed E-state index contributed by atoms with van der Waals surface area (Å²) in [6.07, 6.45) is 4.61. The van der Waals surface area contributed by atoms with E-state index in [0.717, 1.165) is 36.7 Å². The van der Waals surface area contributed by atoms with Crippen molar-refractivity contribution in [3.8, 4) is 5.75 Å². The lowest BCUT2D eigenvalue weighted by Gasteiger charge is -2.31. The van der Waals surface area contributed by atoms with Gasteiger partial charge in [-0.25, -0.2) is 0 Å². The van der Waals surface area contributed by atoms with Gasteiger partial charge in [0, 0.05) is 23.4 Å². The second kappa shape index (κ2) is 9.38. The van der Waals surface area contributed by atoms with Gasteiger partial charge in [0.15, 0.2) is 0 Å². The standard InChI is InChI=1S/C15H20Cl2N2OS.C2H6/c16-12-3-4-13(20)14(15(12)17)9-5-6-18-10(7-9)8-19-21-11-1-2-11;1-2/h3-4,9-11,18-20H,1-2,5-8H2;1-2H3. The Balaban J connectivity index is 0.000000924. The molecule has 1 saturated heterocycles. The maximum absolute atomic E-state index is 10.1. The van der Waals surface area contributed by atoms with Crippen LogP contribution in [-0.2, 0) is 0 Å². The molecule has 0 bridgehead atoms. The zero-order chi connectivity index (χ0) is 16.8. The smallest absolute Gasteiger partial charge is 0.120 e. The summed E-state index contributed by atoms with van der Waals surface area (Å²) in [5.74, 6) is 0.519. The first-order chi connectivity index (χ1) is 11.1. The Morgan fingerprint density at radius 2 is 2.00 bits per heavy atom. The molecule has 3 nitrogen and oxygen atoms in total. The first-order valence-electron chi connectivity index (χ1n) is 8.44. The minimum atomic E-state index is 0.259. The molecule has 0 spiro atoms. The van der Waals surface area contributed by atoms with Crippen LogP contribution in [0.2, 0.25) is 10.0 Å². The summed E-state index contributed by atoms with van der Waals surface area (Å²) < 4.78 is 3.46. The van der Waals surface area contributed by atoms with E-state index in [4.69, 9.17) is 23.2 Å². The maximum atomic E-state index is 10.1. The molecule has 0 aromatic heterocycles. The topological polar surface area (TPSA) is 44.3 Å². The molecule has 23 heavy (non-hydrogen) atoms. The number of halogens is 2. The van der Waals surface area contributed by atoms with Crippen molar-refractivity contribution in [1.29, 1.82) is 0 Å². The highest BCUT2D eigenvalue weighted by Gasteiger charge is 2.28. The molecule has 3 N–H and O–H groups in total. The summed E-state index contributed by atoms with van der Waals surface area (Å²) in [4.78, 5) is 0. The molecule has 1 saturated carbocycles. The van der Waals surface area contributed by atoms with Crippen molar-refractivity contribution in [3.63, 3.8) is 0 Å². The summed E-state index contributed by atoms with van der Waals surface area (Å²) in [7, 11) is 0. The molecule has 1 aromatic carbocycles. The van der Waals surface area contributed by atoms with Gasteiger partial charge in [0.2, 0.25) is 0 Å². The van der Waals surface area contributed by atoms with Gasteiger partial charge < -0.3 is 10.4 Å². The molecule has 0 amide bonds. The molecular weight excluding hydrogens is 351 g/mol. The van der Waals surface area contributed by atoms with Gasteiger partial charge in [-0.1, -0.05) is 49.0 Å². The van der Waals surface area contributed by atoms with Gasteiger partial charge in [-0.15, -0.1) is 0 Å². The molecule has 2 fully saturated rings. The van der Waals surface area contributed by atoms with Crippen LogP contribution >= 0.6 is 35.1 Å². The largest absolute Gasteiger partial charge is 0.508 e. The normalized spacial score (nSPS) is 24.0. The average Bonchev–Trinajstić information content (AvgIpc) is 3.38. The number of benzene rings is 1. The lowest BCUT2D eigenvalue weighted by atomic mass is 9.86. The third kappa shape index (κ3) is 5.43. The highest BCUT2D eigenvalue weighted by molar-refractivity contribution is 7.98. The van der Waals surface area contributed by atoms with E-state index in [1.807, 2.05) is 25.8 Å². The van der Waals surface area contributed by atoms with Gasteiger partial charge in [0.05, 0.1) is 10.0 Å². The van der Waals surface area contributed by atoms with E-state index in [0.29, 0.717) is 16.1 Å². The van der Waals surface area contributed by atoms with E-state index in [2.05, 4.69) is 10.0 Å². The number of hydrogen-bond donors (Lipinski definition) is 3. The molecule has 3 rings (SSSR count). The fraction of sp³-hybridized carbons (Fsp3) is 0.647. The van der Waals surface area contributed by atoms with Crippen molar-refractivity contribution >= 4 is 35.1 Å². The number of piperidine rings is 1. The molecule has 6 heteroatoms. The monoisotopic (exact) mass is 376 g/mol. The quantitative estimate of drug-likeness (QED) is 0.635. The van der Waals surface area contributed by atoms with Crippen LogP contribution in [0, 0.1) is 0 Å². The van der Waals surface area contributed by atoms with Crippen LogP contribution < -0.4 is 10.0 Å². The fourth-order valence-corrected chi connectivity index (χ4v) is 4.20. The number of hydrogen-bond acceptors (Lipinski definition) is 4.